The summed E-state index contributed by atoms with van der Waals surface area (Å²) in [6, 6.07) is 3.87. The molecule has 2 aliphatic rings. The Labute approximate surface area is 191 Å². The fourth-order valence-corrected chi connectivity index (χ4v) is 5.70. The van der Waals surface area contributed by atoms with Crippen LogP contribution in [0.15, 0.2) is 12.1 Å². The number of nitrogens with zero attached hydrogens (tertiary/aromatic N) is 1. The molecule has 32 heavy (non-hydrogen) atoms. The van der Waals surface area contributed by atoms with Crippen LogP contribution in [0.1, 0.15) is 102 Å². The Morgan fingerprint density at radius 1 is 0.938 bits per heavy atom. The minimum absolute atomic E-state index is 0.260. The lowest BCUT2D eigenvalue weighted by Crippen LogP contribution is -2.30. The van der Waals surface area contributed by atoms with Gasteiger partial charge in [-0.05, 0) is 68.4 Å². The molecule has 2 fully saturated rings. The molecule has 3 nitrogen and oxygen atoms in total. The Morgan fingerprint density at radius 3 is 2.19 bits per heavy atom. The molecule has 0 spiro atoms. The second-order valence-electron chi connectivity index (χ2n) is 9.87. The lowest BCUT2D eigenvalue weighted by Gasteiger charge is -2.37. The quantitative estimate of drug-likeness (QED) is 0.222. The van der Waals surface area contributed by atoms with Crippen molar-refractivity contribution in [3.63, 3.8) is 0 Å². The molecule has 0 N–H and O–H groups in total. The van der Waals surface area contributed by atoms with Gasteiger partial charge in [0.1, 0.15) is 6.07 Å². The first-order valence-electron chi connectivity index (χ1n) is 12.6. The number of benzene rings is 1. The summed E-state index contributed by atoms with van der Waals surface area (Å²) >= 11 is 0. The molecular formula is C27H37F2NO2. The largest absolute Gasteiger partial charge is 0.423 e. The summed E-state index contributed by atoms with van der Waals surface area (Å²) in [5.74, 6) is -1.36. The van der Waals surface area contributed by atoms with E-state index in [-0.39, 0.29) is 5.92 Å². The lowest BCUT2D eigenvalue weighted by atomic mass is 9.68. The van der Waals surface area contributed by atoms with E-state index in [2.05, 4.69) is 6.92 Å². The maximum absolute atomic E-state index is 14.0. The highest BCUT2D eigenvalue weighted by Gasteiger charge is 2.34. The fraction of sp³-hybridized carbons (Fsp3) is 0.704. The highest BCUT2D eigenvalue weighted by Crippen LogP contribution is 2.42. The van der Waals surface area contributed by atoms with E-state index in [0.29, 0.717) is 5.92 Å². The van der Waals surface area contributed by atoms with E-state index in [1.807, 2.05) is 0 Å². The molecule has 0 radical (unpaired) electrons. The number of carbonyl (C=O) groups is 1. The zero-order valence-electron chi connectivity index (χ0n) is 19.4. The fourth-order valence-electron chi connectivity index (χ4n) is 5.70. The van der Waals surface area contributed by atoms with Crippen LogP contribution >= 0.6 is 0 Å². The van der Waals surface area contributed by atoms with Gasteiger partial charge in [-0.15, -0.1) is 0 Å². The van der Waals surface area contributed by atoms with Crippen molar-refractivity contribution < 1.29 is 18.3 Å². The molecule has 0 heterocycles. The molecule has 0 atom stereocenters. The van der Waals surface area contributed by atoms with E-state index < -0.39 is 28.9 Å². The number of unbranched alkanes of at least 4 members (excludes halogenated alkanes) is 4. The van der Waals surface area contributed by atoms with Crippen LogP contribution in [0.4, 0.5) is 8.78 Å². The predicted molar refractivity (Wildman–Crippen MR) is 121 cm³/mol. The first kappa shape index (κ1) is 24.7. The molecule has 176 valence electrons. The van der Waals surface area contributed by atoms with E-state index in [1.165, 1.54) is 64.2 Å². The van der Waals surface area contributed by atoms with Crippen molar-refractivity contribution in [3.05, 3.63) is 29.3 Å². The summed E-state index contributed by atoms with van der Waals surface area (Å²) in [7, 11) is 0. The monoisotopic (exact) mass is 445 g/mol. The van der Waals surface area contributed by atoms with Gasteiger partial charge in [-0.1, -0.05) is 58.3 Å². The Bertz CT molecular complexity index is 788. The summed E-state index contributed by atoms with van der Waals surface area (Å²) in [5.41, 5.74) is -0.394. The molecule has 0 aliphatic heterocycles. The first-order chi connectivity index (χ1) is 15.5. The van der Waals surface area contributed by atoms with Crippen LogP contribution in [0.2, 0.25) is 0 Å². The van der Waals surface area contributed by atoms with Crippen molar-refractivity contribution >= 4 is 5.97 Å². The Kier molecular flexibility index (Phi) is 9.51. The molecule has 1 aromatic rings. The second-order valence-corrected chi connectivity index (χ2v) is 9.87. The molecule has 5 heteroatoms. The summed E-state index contributed by atoms with van der Waals surface area (Å²) in [4.78, 5) is 12.5. The van der Waals surface area contributed by atoms with Crippen molar-refractivity contribution in [2.45, 2.75) is 96.8 Å². The van der Waals surface area contributed by atoms with Crippen molar-refractivity contribution in [3.8, 4) is 11.8 Å². The topological polar surface area (TPSA) is 50.1 Å². The third kappa shape index (κ3) is 6.53. The number of hydrogen-bond donors (Lipinski definition) is 0. The maximum Gasteiger partial charge on any atom is 0.314 e. The smallest absolute Gasteiger partial charge is 0.314 e. The number of rotatable bonds is 9. The van der Waals surface area contributed by atoms with Crippen molar-refractivity contribution in [1.82, 2.24) is 0 Å². The first-order valence-corrected chi connectivity index (χ1v) is 12.6. The van der Waals surface area contributed by atoms with Gasteiger partial charge in [0.15, 0.2) is 11.6 Å². The lowest BCUT2D eigenvalue weighted by molar-refractivity contribution is -0.140. The van der Waals surface area contributed by atoms with Gasteiger partial charge in [0.05, 0.1) is 11.5 Å². The van der Waals surface area contributed by atoms with Crippen LogP contribution in [0.5, 0.6) is 5.75 Å². The standard InChI is InChI=1S/C27H37F2NO2/c1-2-3-4-5-6-7-19-8-10-20(11-9-19)21-12-14-22(15-13-21)27(31)32-24-17-16-23(18-30)25(28)26(24)29/h16-17,19-22H,2-15H2,1H3/t19-,20-,21-,22-. The third-order valence-corrected chi connectivity index (χ3v) is 7.76. The molecule has 0 aromatic heterocycles. The summed E-state index contributed by atoms with van der Waals surface area (Å²) < 4.78 is 33.0. The number of nitriles is 1. The van der Waals surface area contributed by atoms with Crippen LogP contribution in [-0.2, 0) is 4.79 Å². The molecule has 0 unspecified atom stereocenters. The summed E-state index contributed by atoms with van der Waals surface area (Å²) in [6.45, 7) is 2.26. The zero-order chi connectivity index (χ0) is 22.9. The highest BCUT2D eigenvalue weighted by molar-refractivity contribution is 5.75. The Balaban J connectivity index is 1.39. The molecule has 1 aromatic carbocycles. The van der Waals surface area contributed by atoms with Crippen molar-refractivity contribution in [2.24, 2.45) is 23.7 Å². The van der Waals surface area contributed by atoms with Gasteiger partial charge in [0, 0.05) is 0 Å². The molecular weight excluding hydrogens is 408 g/mol. The van der Waals surface area contributed by atoms with Gasteiger partial charge in [-0.2, -0.15) is 9.65 Å². The number of halogens is 2. The maximum atomic E-state index is 14.0. The minimum Gasteiger partial charge on any atom is -0.423 e. The third-order valence-electron chi connectivity index (χ3n) is 7.76. The van der Waals surface area contributed by atoms with Gasteiger partial charge >= 0.3 is 5.97 Å². The van der Waals surface area contributed by atoms with Gasteiger partial charge < -0.3 is 4.74 Å². The van der Waals surface area contributed by atoms with Gasteiger partial charge in [-0.3, -0.25) is 4.79 Å². The molecule has 2 aliphatic carbocycles. The molecule has 2 saturated carbocycles. The summed E-state index contributed by atoms with van der Waals surface area (Å²) in [5, 5.41) is 8.77. The van der Waals surface area contributed by atoms with Crippen LogP contribution in [0.3, 0.4) is 0 Å². The van der Waals surface area contributed by atoms with Crippen molar-refractivity contribution in [2.75, 3.05) is 0 Å². The predicted octanol–water partition coefficient (Wildman–Crippen LogP) is 7.72. The highest BCUT2D eigenvalue weighted by atomic mass is 19.2. The van der Waals surface area contributed by atoms with Crippen LogP contribution in [-0.4, -0.2) is 5.97 Å². The van der Waals surface area contributed by atoms with E-state index in [9.17, 15) is 13.6 Å². The van der Waals surface area contributed by atoms with Crippen LogP contribution in [0.25, 0.3) is 0 Å². The average Bonchev–Trinajstić information content (AvgIpc) is 2.82. The van der Waals surface area contributed by atoms with E-state index in [4.69, 9.17) is 10.00 Å². The second kappa shape index (κ2) is 12.3. The number of esters is 1. The average molecular weight is 446 g/mol. The number of carbonyl (C=O) groups excluding carboxylic acids is 1. The normalized spacial score (nSPS) is 25.8. The molecule has 3 rings (SSSR count). The van der Waals surface area contributed by atoms with Gasteiger partial charge in [0.2, 0.25) is 5.82 Å². The van der Waals surface area contributed by atoms with Crippen molar-refractivity contribution in [1.29, 1.82) is 5.26 Å². The SMILES string of the molecule is CCCCCCC[C@H]1CC[C@H]([C@H]2CC[C@H](C(=O)Oc3ccc(C#N)c(F)c3F)CC2)CC1. The minimum atomic E-state index is -1.27. The van der Waals surface area contributed by atoms with E-state index in [1.54, 1.807) is 6.07 Å². The number of ether oxygens (including phenoxy) is 1. The Morgan fingerprint density at radius 2 is 1.56 bits per heavy atom. The van der Waals surface area contributed by atoms with E-state index >= 15 is 0 Å². The number of hydrogen-bond acceptors (Lipinski definition) is 3. The van der Waals surface area contributed by atoms with Crippen LogP contribution < -0.4 is 4.74 Å². The molecule has 0 bridgehead atoms. The van der Waals surface area contributed by atoms with Crippen LogP contribution in [0, 0.1) is 46.6 Å². The zero-order valence-corrected chi connectivity index (χ0v) is 19.4. The molecule has 0 amide bonds. The molecule has 0 saturated heterocycles. The van der Waals surface area contributed by atoms with Gasteiger partial charge in [-0.25, -0.2) is 4.39 Å². The van der Waals surface area contributed by atoms with E-state index in [0.717, 1.165) is 49.7 Å². The summed E-state index contributed by atoms with van der Waals surface area (Å²) in [6.07, 6.45) is 17.1. The Hall–Kier alpha value is -1.96. The van der Waals surface area contributed by atoms with Gasteiger partial charge in [0.25, 0.3) is 0 Å².